The lowest BCUT2D eigenvalue weighted by atomic mass is 9.99. The van der Waals surface area contributed by atoms with E-state index in [0.717, 1.165) is 36.4 Å². The summed E-state index contributed by atoms with van der Waals surface area (Å²) in [6, 6.07) is 5.98. The minimum atomic E-state index is 0.0420. The molecule has 1 aliphatic heterocycles. The number of aromatic nitrogens is 3. The van der Waals surface area contributed by atoms with Crippen LogP contribution in [0.1, 0.15) is 45.5 Å². The fourth-order valence-electron chi connectivity index (χ4n) is 3.18. The molecule has 4 rings (SSSR count). The first-order chi connectivity index (χ1) is 11.2. The monoisotopic (exact) mass is 326 g/mol. The fourth-order valence-corrected chi connectivity index (χ4v) is 4.00. The Morgan fingerprint density at radius 2 is 2.17 bits per heavy atom. The third kappa shape index (κ3) is 2.63. The second-order valence-corrected chi connectivity index (χ2v) is 7.20. The Balaban J connectivity index is 1.68. The number of fused-ring (bicyclic) bond motifs is 1. The van der Waals surface area contributed by atoms with Crippen LogP contribution in [0.25, 0.3) is 5.78 Å². The predicted molar refractivity (Wildman–Crippen MR) is 89.7 cm³/mol. The van der Waals surface area contributed by atoms with Gasteiger partial charge in [0.25, 0.3) is 5.91 Å². The van der Waals surface area contributed by atoms with Crippen LogP contribution >= 0.6 is 11.3 Å². The van der Waals surface area contributed by atoms with Crippen molar-refractivity contribution in [2.45, 2.75) is 32.2 Å². The lowest BCUT2D eigenvalue weighted by molar-refractivity contribution is 0.0611. The lowest BCUT2D eigenvalue weighted by Gasteiger charge is -2.35. The fraction of sp³-hybridized carbons (Fsp3) is 0.353. The molecule has 5 nitrogen and oxygen atoms in total. The van der Waals surface area contributed by atoms with Gasteiger partial charge in [-0.15, -0.1) is 11.3 Å². The number of nitrogens with zero attached hydrogens (tertiary/aromatic N) is 4. The van der Waals surface area contributed by atoms with Crippen molar-refractivity contribution in [1.82, 2.24) is 19.3 Å². The summed E-state index contributed by atoms with van der Waals surface area (Å²) < 4.78 is 1.89. The van der Waals surface area contributed by atoms with E-state index >= 15 is 0 Å². The number of carbonyl (C=O) groups excluding carboxylic acids is 1. The van der Waals surface area contributed by atoms with Crippen molar-refractivity contribution in [1.29, 1.82) is 0 Å². The Morgan fingerprint density at radius 1 is 1.26 bits per heavy atom. The third-order valence-electron chi connectivity index (χ3n) is 4.34. The maximum atomic E-state index is 12.9. The van der Waals surface area contributed by atoms with E-state index in [1.165, 1.54) is 4.88 Å². The van der Waals surface area contributed by atoms with E-state index in [9.17, 15) is 4.79 Å². The molecular weight excluding hydrogens is 308 g/mol. The van der Waals surface area contributed by atoms with E-state index in [-0.39, 0.29) is 11.9 Å². The number of likely N-dealkylation sites (tertiary alicyclic amines) is 1. The van der Waals surface area contributed by atoms with Gasteiger partial charge in [-0.25, -0.2) is 9.97 Å². The molecule has 0 N–H and O–H groups in total. The number of hydrogen-bond donors (Lipinski definition) is 0. The zero-order valence-electron chi connectivity index (χ0n) is 13.0. The van der Waals surface area contributed by atoms with Crippen molar-refractivity contribution in [3.63, 3.8) is 0 Å². The number of hydrogen-bond acceptors (Lipinski definition) is 4. The van der Waals surface area contributed by atoms with Gasteiger partial charge in [-0.05, 0) is 44.4 Å². The molecule has 0 aromatic carbocycles. The van der Waals surface area contributed by atoms with Gasteiger partial charge in [0.15, 0.2) is 0 Å². The van der Waals surface area contributed by atoms with Crippen molar-refractivity contribution >= 4 is 23.0 Å². The van der Waals surface area contributed by atoms with Gasteiger partial charge in [0, 0.05) is 30.0 Å². The van der Waals surface area contributed by atoms with Gasteiger partial charge in [0.2, 0.25) is 5.78 Å². The molecule has 0 aliphatic carbocycles. The molecule has 0 saturated carbocycles. The van der Waals surface area contributed by atoms with Crippen LogP contribution in [0.15, 0.2) is 36.8 Å². The van der Waals surface area contributed by atoms with Crippen LogP contribution in [-0.4, -0.2) is 31.7 Å². The zero-order valence-corrected chi connectivity index (χ0v) is 13.8. The van der Waals surface area contributed by atoms with Gasteiger partial charge in [0.1, 0.15) is 0 Å². The molecule has 0 radical (unpaired) electrons. The molecule has 6 heteroatoms. The first-order valence-corrected chi connectivity index (χ1v) is 8.71. The number of amides is 1. The Hall–Kier alpha value is -2.21. The van der Waals surface area contributed by atoms with E-state index < -0.39 is 0 Å². The second kappa shape index (κ2) is 5.77. The maximum Gasteiger partial charge on any atom is 0.264 e. The minimum absolute atomic E-state index is 0.0420. The molecule has 3 aromatic heterocycles. The number of imidazole rings is 1. The normalized spacial score (nSPS) is 18.5. The summed E-state index contributed by atoms with van der Waals surface area (Å²) in [5.74, 6) is 0.810. The van der Waals surface area contributed by atoms with Gasteiger partial charge >= 0.3 is 0 Å². The van der Waals surface area contributed by atoms with Crippen LogP contribution in [0.4, 0.5) is 0 Å². The maximum absolute atomic E-state index is 12.9. The van der Waals surface area contributed by atoms with Crippen LogP contribution < -0.4 is 0 Å². The van der Waals surface area contributed by atoms with Gasteiger partial charge in [-0.3, -0.25) is 9.20 Å². The summed E-state index contributed by atoms with van der Waals surface area (Å²) in [5.41, 5.74) is 0.935. The van der Waals surface area contributed by atoms with Crippen LogP contribution in [0.5, 0.6) is 0 Å². The average molecular weight is 326 g/mol. The summed E-state index contributed by atoms with van der Waals surface area (Å²) in [4.78, 5) is 25.8. The van der Waals surface area contributed by atoms with Gasteiger partial charge in [-0.1, -0.05) is 0 Å². The molecular formula is C17H18N4OS. The van der Waals surface area contributed by atoms with Crippen LogP contribution in [-0.2, 0) is 0 Å². The van der Waals surface area contributed by atoms with E-state index in [4.69, 9.17) is 0 Å². The second-order valence-electron chi connectivity index (χ2n) is 5.91. The highest BCUT2D eigenvalue weighted by molar-refractivity contribution is 7.13. The van der Waals surface area contributed by atoms with Crippen molar-refractivity contribution in [3.05, 3.63) is 52.2 Å². The topological polar surface area (TPSA) is 50.5 Å². The highest BCUT2D eigenvalue weighted by atomic mass is 32.1. The van der Waals surface area contributed by atoms with Gasteiger partial charge in [-0.2, -0.15) is 0 Å². The van der Waals surface area contributed by atoms with E-state index in [0.29, 0.717) is 5.78 Å². The lowest BCUT2D eigenvalue weighted by Crippen LogP contribution is -2.38. The summed E-state index contributed by atoms with van der Waals surface area (Å²) >= 11 is 1.56. The van der Waals surface area contributed by atoms with Crippen LogP contribution in [0.2, 0.25) is 0 Å². The largest absolute Gasteiger partial charge is 0.329 e. The van der Waals surface area contributed by atoms with Crippen molar-refractivity contribution in [2.75, 3.05) is 6.54 Å². The summed E-state index contributed by atoms with van der Waals surface area (Å²) in [5, 5.41) is 0. The standard InChI is InChI=1S/C17H18N4OS/c1-12-5-6-15(23-12)16(22)21-9-3-2-4-14(21)13-7-10-20-11-8-18-17(20)19-13/h5-8,10-11,14H,2-4,9H2,1H3. The number of carbonyl (C=O) groups is 1. The number of piperidine rings is 1. The molecule has 1 atom stereocenters. The number of rotatable bonds is 2. The van der Waals surface area contributed by atoms with E-state index in [2.05, 4.69) is 9.97 Å². The molecule has 1 saturated heterocycles. The molecule has 1 amide bonds. The van der Waals surface area contributed by atoms with Crippen LogP contribution in [0.3, 0.4) is 0 Å². The first kappa shape index (κ1) is 14.4. The molecule has 3 aromatic rings. The quantitative estimate of drug-likeness (QED) is 0.724. The summed E-state index contributed by atoms with van der Waals surface area (Å²) in [6.07, 6.45) is 8.73. The molecule has 23 heavy (non-hydrogen) atoms. The number of thiophene rings is 1. The van der Waals surface area contributed by atoms with Crippen molar-refractivity contribution in [2.24, 2.45) is 0 Å². The molecule has 0 bridgehead atoms. The Labute approximate surface area is 138 Å². The first-order valence-electron chi connectivity index (χ1n) is 7.89. The van der Waals surface area contributed by atoms with E-state index in [1.54, 1.807) is 17.5 Å². The molecule has 1 fully saturated rings. The summed E-state index contributed by atoms with van der Waals surface area (Å²) in [6.45, 7) is 2.82. The molecule has 1 aliphatic rings. The Kier molecular flexibility index (Phi) is 3.61. The Morgan fingerprint density at radius 3 is 3.00 bits per heavy atom. The predicted octanol–water partition coefficient (Wildman–Crippen LogP) is 3.47. The van der Waals surface area contributed by atoms with Gasteiger partial charge in [0.05, 0.1) is 16.6 Å². The highest BCUT2D eigenvalue weighted by Gasteiger charge is 2.30. The van der Waals surface area contributed by atoms with Crippen molar-refractivity contribution < 1.29 is 4.79 Å². The number of aryl methyl sites for hydroxylation is 1. The molecule has 1 unspecified atom stereocenters. The summed E-state index contributed by atoms with van der Waals surface area (Å²) in [7, 11) is 0. The molecule has 4 heterocycles. The Bertz CT molecular complexity index is 853. The third-order valence-corrected chi connectivity index (χ3v) is 5.33. The van der Waals surface area contributed by atoms with Crippen molar-refractivity contribution in [3.8, 4) is 0 Å². The van der Waals surface area contributed by atoms with Crippen LogP contribution in [0, 0.1) is 6.92 Å². The SMILES string of the molecule is Cc1ccc(C(=O)N2CCCCC2c2ccn3ccnc3n2)s1. The van der Waals surface area contributed by atoms with E-state index in [1.807, 2.05) is 46.8 Å². The average Bonchev–Trinajstić information content (AvgIpc) is 3.22. The molecule has 0 spiro atoms. The highest BCUT2D eigenvalue weighted by Crippen LogP contribution is 2.32. The van der Waals surface area contributed by atoms with Gasteiger partial charge < -0.3 is 4.90 Å². The zero-order chi connectivity index (χ0) is 15.8. The molecule has 118 valence electrons. The minimum Gasteiger partial charge on any atom is -0.329 e. The smallest absolute Gasteiger partial charge is 0.264 e.